The number of hydrogen-bond acceptors (Lipinski definition) is 1. The minimum absolute atomic E-state index is 0.886. The highest BCUT2D eigenvalue weighted by molar-refractivity contribution is 5.70. The summed E-state index contributed by atoms with van der Waals surface area (Å²) in [4.78, 5) is 0. The van der Waals surface area contributed by atoms with Crippen molar-refractivity contribution in [3.8, 4) is 22.6 Å². The monoisotopic (exact) mass is 274 g/mol. The van der Waals surface area contributed by atoms with Crippen molar-refractivity contribution in [1.82, 2.24) is 0 Å². The lowest BCUT2D eigenvalue weighted by Gasteiger charge is -2.13. The van der Waals surface area contributed by atoms with Crippen LogP contribution in [0.1, 0.15) is 11.1 Å². The summed E-state index contributed by atoms with van der Waals surface area (Å²) in [5, 5.41) is 0. The molecule has 0 radical (unpaired) electrons. The molecule has 0 heterocycles. The van der Waals surface area contributed by atoms with Crippen LogP contribution in [0.4, 0.5) is 0 Å². The predicted octanol–water partition coefficient (Wildman–Crippen LogP) is 5.76. The van der Waals surface area contributed by atoms with Gasteiger partial charge in [-0.25, -0.2) is 0 Å². The average molecular weight is 274 g/mol. The molecule has 0 aromatic heterocycles. The zero-order valence-corrected chi connectivity index (χ0v) is 12.3. The maximum absolute atomic E-state index is 6.18. The fourth-order valence-electron chi connectivity index (χ4n) is 2.35. The maximum atomic E-state index is 6.18. The van der Waals surface area contributed by atoms with Crippen molar-refractivity contribution in [2.45, 2.75) is 13.8 Å². The molecule has 1 heteroatoms. The highest BCUT2D eigenvalue weighted by atomic mass is 16.5. The fraction of sp³-hybridized carbons (Fsp3) is 0.100. The van der Waals surface area contributed by atoms with Gasteiger partial charge in [0.1, 0.15) is 11.5 Å². The molecule has 0 saturated heterocycles. The van der Waals surface area contributed by atoms with Crippen LogP contribution >= 0.6 is 0 Å². The van der Waals surface area contributed by atoms with Crippen LogP contribution in [0.3, 0.4) is 0 Å². The summed E-state index contributed by atoms with van der Waals surface area (Å²) >= 11 is 0. The van der Waals surface area contributed by atoms with Crippen molar-refractivity contribution in [2.75, 3.05) is 0 Å². The maximum Gasteiger partial charge on any atom is 0.135 e. The molecule has 0 fully saturated rings. The van der Waals surface area contributed by atoms with Gasteiger partial charge in [-0.3, -0.25) is 0 Å². The molecule has 0 aliphatic carbocycles. The molecule has 3 aromatic rings. The van der Waals surface area contributed by atoms with E-state index in [1.54, 1.807) is 0 Å². The van der Waals surface area contributed by atoms with Crippen molar-refractivity contribution in [2.24, 2.45) is 0 Å². The highest BCUT2D eigenvalue weighted by Gasteiger charge is 2.08. The third-order valence-corrected chi connectivity index (χ3v) is 3.54. The van der Waals surface area contributed by atoms with E-state index in [1.165, 1.54) is 11.1 Å². The van der Waals surface area contributed by atoms with Crippen molar-refractivity contribution in [3.05, 3.63) is 83.9 Å². The zero-order chi connectivity index (χ0) is 14.7. The van der Waals surface area contributed by atoms with Crippen molar-refractivity contribution in [1.29, 1.82) is 0 Å². The summed E-state index contributed by atoms with van der Waals surface area (Å²) in [6.45, 7) is 4.15. The molecule has 21 heavy (non-hydrogen) atoms. The van der Waals surface area contributed by atoms with Gasteiger partial charge in [0, 0.05) is 5.56 Å². The number of rotatable bonds is 3. The van der Waals surface area contributed by atoms with E-state index < -0.39 is 0 Å². The number of hydrogen-bond donors (Lipinski definition) is 0. The minimum atomic E-state index is 0.886. The van der Waals surface area contributed by atoms with Crippen molar-refractivity contribution >= 4 is 0 Å². The smallest absolute Gasteiger partial charge is 0.135 e. The van der Waals surface area contributed by atoms with Crippen LogP contribution < -0.4 is 4.74 Å². The Bertz CT molecular complexity index is 745. The van der Waals surface area contributed by atoms with Gasteiger partial charge in [-0.1, -0.05) is 60.7 Å². The van der Waals surface area contributed by atoms with E-state index >= 15 is 0 Å². The topological polar surface area (TPSA) is 9.23 Å². The van der Waals surface area contributed by atoms with Gasteiger partial charge < -0.3 is 4.74 Å². The largest absolute Gasteiger partial charge is 0.456 e. The number of benzene rings is 3. The predicted molar refractivity (Wildman–Crippen MR) is 87.9 cm³/mol. The van der Waals surface area contributed by atoms with E-state index in [0.717, 1.165) is 22.6 Å². The lowest BCUT2D eigenvalue weighted by atomic mass is 10.0. The number of para-hydroxylation sites is 1. The zero-order valence-electron chi connectivity index (χ0n) is 12.3. The van der Waals surface area contributed by atoms with Gasteiger partial charge in [0.25, 0.3) is 0 Å². The summed E-state index contributed by atoms with van der Waals surface area (Å²) in [6, 6.07) is 24.8. The molecule has 0 atom stereocenters. The molecule has 0 aliphatic rings. The lowest BCUT2D eigenvalue weighted by Crippen LogP contribution is -1.91. The van der Waals surface area contributed by atoms with Crippen molar-refractivity contribution in [3.63, 3.8) is 0 Å². The molecule has 3 aromatic carbocycles. The summed E-state index contributed by atoms with van der Waals surface area (Å²) < 4.78 is 6.18. The Labute approximate surface area is 125 Å². The molecule has 3 rings (SSSR count). The molecular weight excluding hydrogens is 256 g/mol. The molecular formula is C20H18O. The molecule has 0 unspecified atom stereocenters. The van der Waals surface area contributed by atoms with Gasteiger partial charge in [0.2, 0.25) is 0 Å². The number of ether oxygens (including phenoxy) is 1. The second kappa shape index (κ2) is 5.84. The third-order valence-electron chi connectivity index (χ3n) is 3.54. The van der Waals surface area contributed by atoms with Crippen LogP contribution in [0, 0.1) is 13.8 Å². The first-order valence-electron chi connectivity index (χ1n) is 7.13. The van der Waals surface area contributed by atoms with E-state index in [-0.39, 0.29) is 0 Å². The first-order chi connectivity index (χ1) is 10.2. The van der Waals surface area contributed by atoms with Gasteiger partial charge >= 0.3 is 0 Å². The molecule has 0 spiro atoms. The Balaban J connectivity index is 2.02. The summed E-state index contributed by atoms with van der Waals surface area (Å²) in [5.41, 5.74) is 4.62. The van der Waals surface area contributed by atoms with Gasteiger partial charge in [-0.15, -0.1) is 0 Å². The Kier molecular flexibility index (Phi) is 3.74. The third kappa shape index (κ3) is 2.97. The molecule has 0 aliphatic heterocycles. The van der Waals surface area contributed by atoms with Crippen molar-refractivity contribution < 1.29 is 4.74 Å². The quantitative estimate of drug-likeness (QED) is 0.589. The van der Waals surface area contributed by atoms with E-state index in [0.29, 0.717) is 0 Å². The van der Waals surface area contributed by atoms with Crippen LogP contribution in [0.5, 0.6) is 11.5 Å². The van der Waals surface area contributed by atoms with Crippen LogP contribution in [-0.2, 0) is 0 Å². The Hall–Kier alpha value is -2.54. The molecule has 0 N–H and O–H groups in total. The standard InChI is InChI=1S/C20H18O/c1-15-12-13-16(2)20(14-15)21-19-11-7-6-10-18(19)17-8-4-3-5-9-17/h3-14H,1-2H3. The second-order valence-corrected chi connectivity index (χ2v) is 5.23. The Morgan fingerprint density at radius 1 is 0.667 bits per heavy atom. The van der Waals surface area contributed by atoms with Crippen LogP contribution in [0.2, 0.25) is 0 Å². The van der Waals surface area contributed by atoms with E-state index in [2.05, 4.69) is 50.2 Å². The molecule has 0 amide bonds. The van der Waals surface area contributed by atoms with Gasteiger partial charge in [0.05, 0.1) is 0 Å². The minimum Gasteiger partial charge on any atom is -0.456 e. The summed E-state index contributed by atoms with van der Waals surface area (Å²) in [7, 11) is 0. The van der Waals surface area contributed by atoms with E-state index in [9.17, 15) is 0 Å². The van der Waals surface area contributed by atoms with E-state index in [1.807, 2.05) is 36.4 Å². The van der Waals surface area contributed by atoms with Gasteiger partial charge in [-0.2, -0.15) is 0 Å². The first-order valence-corrected chi connectivity index (χ1v) is 7.13. The fourth-order valence-corrected chi connectivity index (χ4v) is 2.35. The highest BCUT2D eigenvalue weighted by Crippen LogP contribution is 2.34. The second-order valence-electron chi connectivity index (χ2n) is 5.23. The Morgan fingerprint density at radius 2 is 1.38 bits per heavy atom. The molecule has 104 valence electrons. The Morgan fingerprint density at radius 3 is 2.19 bits per heavy atom. The van der Waals surface area contributed by atoms with Gasteiger partial charge in [0.15, 0.2) is 0 Å². The normalized spacial score (nSPS) is 10.4. The SMILES string of the molecule is Cc1ccc(C)c(Oc2ccccc2-c2ccccc2)c1. The molecule has 0 saturated carbocycles. The molecule has 1 nitrogen and oxygen atoms in total. The first kappa shape index (κ1) is 13.4. The number of aryl methyl sites for hydroxylation is 2. The van der Waals surface area contributed by atoms with Crippen LogP contribution in [0.25, 0.3) is 11.1 Å². The van der Waals surface area contributed by atoms with E-state index in [4.69, 9.17) is 4.74 Å². The molecule has 0 bridgehead atoms. The van der Waals surface area contributed by atoms with Crippen LogP contribution in [0.15, 0.2) is 72.8 Å². The van der Waals surface area contributed by atoms with Gasteiger partial charge in [-0.05, 0) is 42.7 Å². The lowest BCUT2D eigenvalue weighted by molar-refractivity contribution is 0.480. The average Bonchev–Trinajstić information content (AvgIpc) is 2.52. The summed E-state index contributed by atoms with van der Waals surface area (Å²) in [6.07, 6.45) is 0. The summed E-state index contributed by atoms with van der Waals surface area (Å²) in [5.74, 6) is 1.80. The van der Waals surface area contributed by atoms with Crippen LogP contribution in [-0.4, -0.2) is 0 Å².